The van der Waals surface area contributed by atoms with Crippen LogP contribution in [0.2, 0.25) is 5.02 Å². The summed E-state index contributed by atoms with van der Waals surface area (Å²) in [6, 6.07) is 11.8. The molecule has 0 aliphatic carbocycles. The van der Waals surface area contributed by atoms with Crippen molar-refractivity contribution in [3.05, 3.63) is 74.8 Å². The number of non-ortho nitro benzene ring substituents is 1. The molecule has 0 aromatic heterocycles. The predicted octanol–water partition coefficient (Wildman–Crippen LogP) is 2.41. The third-order valence-corrected chi connectivity index (χ3v) is 3.37. The van der Waals surface area contributed by atoms with E-state index in [1.165, 1.54) is 24.3 Å². The summed E-state index contributed by atoms with van der Waals surface area (Å²) in [5, 5.41) is 16.5. The van der Waals surface area contributed by atoms with E-state index in [0.29, 0.717) is 10.6 Å². The summed E-state index contributed by atoms with van der Waals surface area (Å²) in [7, 11) is 0. The van der Waals surface area contributed by atoms with Crippen LogP contribution in [0.4, 0.5) is 5.69 Å². The molecule has 0 heterocycles. The molecule has 0 spiro atoms. The largest absolute Gasteiger partial charge is 0.350 e. The SMILES string of the molecule is O=C(NCCNC(=O)c1cccc([N+](=O)[O-])c1)c1ccc(Cl)cc1. The number of halogens is 1. The summed E-state index contributed by atoms with van der Waals surface area (Å²) in [6.07, 6.45) is 0. The second-order valence-electron chi connectivity index (χ2n) is 4.83. The van der Waals surface area contributed by atoms with E-state index in [9.17, 15) is 19.7 Å². The van der Waals surface area contributed by atoms with Crippen LogP contribution in [0.1, 0.15) is 20.7 Å². The van der Waals surface area contributed by atoms with E-state index in [1.807, 2.05) is 0 Å². The van der Waals surface area contributed by atoms with Gasteiger partial charge in [0.15, 0.2) is 0 Å². The van der Waals surface area contributed by atoms with Crippen molar-refractivity contribution in [3.8, 4) is 0 Å². The summed E-state index contributed by atoms with van der Waals surface area (Å²) < 4.78 is 0. The number of benzene rings is 2. The standard InChI is InChI=1S/C16H14ClN3O4/c17-13-6-4-11(5-7-13)15(21)18-8-9-19-16(22)12-2-1-3-14(10-12)20(23)24/h1-7,10H,8-9H2,(H,18,21)(H,19,22). The normalized spacial score (nSPS) is 10.0. The first-order valence-corrected chi connectivity index (χ1v) is 7.41. The number of rotatable bonds is 6. The molecule has 0 bridgehead atoms. The van der Waals surface area contributed by atoms with Crippen LogP contribution in [-0.2, 0) is 0 Å². The molecule has 0 aliphatic heterocycles. The van der Waals surface area contributed by atoms with Gasteiger partial charge in [-0.3, -0.25) is 19.7 Å². The molecule has 2 amide bonds. The Morgan fingerprint density at radius 2 is 1.54 bits per heavy atom. The fraction of sp³-hybridized carbons (Fsp3) is 0.125. The second kappa shape index (κ2) is 8.07. The molecule has 124 valence electrons. The average Bonchev–Trinajstić information content (AvgIpc) is 2.59. The number of nitro groups is 1. The second-order valence-corrected chi connectivity index (χ2v) is 5.26. The van der Waals surface area contributed by atoms with Gasteiger partial charge >= 0.3 is 0 Å². The van der Waals surface area contributed by atoms with Crippen LogP contribution in [0.5, 0.6) is 0 Å². The number of nitro benzene ring substituents is 1. The number of nitrogens with one attached hydrogen (secondary N) is 2. The molecule has 0 saturated carbocycles. The number of nitrogens with zero attached hydrogens (tertiary/aromatic N) is 1. The highest BCUT2D eigenvalue weighted by Gasteiger charge is 2.11. The van der Waals surface area contributed by atoms with Crippen molar-refractivity contribution < 1.29 is 14.5 Å². The Hall–Kier alpha value is -2.93. The van der Waals surface area contributed by atoms with Crippen molar-refractivity contribution in [1.29, 1.82) is 0 Å². The zero-order valence-corrected chi connectivity index (χ0v) is 13.2. The fourth-order valence-electron chi connectivity index (χ4n) is 1.92. The highest BCUT2D eigenvalue weighted by molar-refractivity contribution is 6.30. The summed E-state index contributed by atoms with van der Waals surface area (Å²) in [4.78, 5) is 33.9. The summed E-state index contributed by atoms with van der Waals surface area (Å²) in [5.41, 5.74) is 0.497. The summed E-state index contributed by atoms with van der Waals surface area (Å²) in [5.74, 6) is -0.726. The molecule has 7 nitrogen and oxygen atoms in total. The molecule has 0 aliphatic rings. The first-order chi connectivity index (χ1) is 11.5. The zero-order chi connectivity index (χ0) is 17.5. The van der Waals surface area contributed by atoms with Crippen LogP contribution in [0.3, 0.4) is 0 Å². The third kappa shape index (κ3) is 4.79. The van der Waals surface area contributed by atoms with Crippen molar-refractivity contribution in [3.63, 3.8) is 0 Å². The predicted molar refractivity (Wildman–Crippen MR) is 89.2 cm³/mol. The van der Waals surface area contributed by atoms with Crippen LogP contribution in [-0.4, -0.2) is 29.8 Å². The monoisotopic (exact) mass is 347 g/mol. The average molecular weight is 348 g/mol. The van der Waals surface area contributed by atoms with Crippen molar-refractivity contribution in [2.24, 2.45) is 0 Å². The molecular formula is C16H14ClN3O4. The molecule has 24 heavy (non-hydrogen) atoms. The van der Waals surface area contributed by atoms with Crippen molar-refractivity contribution in [1.82, 2.24) is 10.6 Å². The Balaban J connectivity index is 1.80. The number of amides is 2. The third-order valence-electron chi connectivity index (χ3n) is 3.12. The van der Waals surface area contributed by atoms with E-state index in [2.05, 4.69) is 10.6 Å². The molecule has 2 aromatic rings. The van der Waals surface area contributed by atoms with Crippen molar-refractivity contribution in [2.75, 3.05) is 13.1 Å². The van der Waals surface area contributed by atoms with Crippen LogP contribution in [0, 0.1) is 10.1 Å². The Kier molecular flexibility index (Phi) is 5.86. The van der Waals surface area contributed by atoms with Gasteiger partial charge in [0.25, 0.3) is 17.5 Å². The van der Waals surface area contributed by atoms with Gasteiger partial charge in [-0.2, -0.15) is 0 Å². The van der Waals surface area contributed by atoms with Gasteiger partial charge in [0.1, 0.15) is 0 Å². The quantitative estimate of drug-likeness (QED) is 0.476. The van der Waals surface area contributed by atoms with E-state index in [4.69, 9.17) is 11.6 Å². The highest BCUT2D eigenvalue weighted by atomic mass is 35.5. The molecule has 8 heteroatoms. The van der Waals surface area contributed by atoms with Crippen molar-refractivity contribution in [2.45, 2.75) is 0 Å². The van der Waals surface area contributed by atoms with Gasteiger partial charge in [-0.1, -0.05) is 17.7 Å². The van der Waals surface area contributed by atoms with Crippen LogP contribution in [0.25, 0.3) is 0 Å². The molecule has 0 fully saturated rings. The number of carbonyl (C=O) groups is 2. The van der Waals surface area contributed by atoms with Gasteiger partial charge in [0.05, 0.1) is 4.92 Å². The lowest BCUT2D eigenvalue weighted by Gasteiger charge is -2.07. The molecule has 0 saturated heterocycles. The van der Waals surface area contributed by atoms with Gasteiger partial charge in [-0.15, -0.1) is 0 Å². The highest BCUT2D eigenvalue weighted by Crippen LogP contribution is 2.12. The minimum Gasteiger partial charge on any atom is -0.350 e. The number of carbonyl (C=O) groups excluding carboxylic acids is 2. The maximum absolute atomic E-state index is 11.9. The topological polar surface area (TPSA) is 101 Å². The van der Waals surface area contributed by atoms with Crippen LogP contribution < -0.4 is 10.6 Å². The number of hydrogen-bond donors (Lipinski definition) is 2. The lowest BCUT2D eigenvalue weighted by molar-refractivity contribution is -0.384. The first-order valence-electron chi connectivity index (χ1n) is 7.04. The van der Waals surface area contributed by atoms with Crippen LogP contribution >= 0.6 is 11.6 Å². The molecule has 2 N–H and O–H groups in total. The molecule has 0 unspecified atom stereocenters. The molecule has 2 aromatic carbocycles. The Labute approximate surface area is 142 Å². The first kappa shape index (κ1) is 17.4. The van der Waals surface area contributed by atoms with Gasteiger partial charge in [-0.25, -0.2) is 0 Å². The maximum atomic E-state index is 11.9. The Bertz CT molecular complexity index is 762. The minimum absolute atomic E-state index is 0.154. The smallest absolute Gasteiger partial charge is 0.270 e. The summed E-state index contributed by atoms with van der Waals surface area (Å²) in [6.45, 7) is 0.420. The minimum atomic E-state index is -0.566. The van der Waals surface area contributed by atoms with Gasteiger partial charge in [0.2, 0.25) is 0 Å². The van der Waals surface area contributed by atoms with Gasteiger partial charge in [-0.05, 0) is 30.3 Å². The Morgan fingerprint density at radius 3 is 2.12 bits per heavy atom. The van der Waals surface area contributed by atoms with E-state index in [0.717, 1.165) is 0 Å². The lowest BCUT2D eigenvalue weighted by atomic mass is 10.2. The Morgan fingerprint density at radius 1 is 0.958 bits per heavy atom. The van der Waals surface area contributed by atoms with E-state index >= 15 is 0 Å². The van der Waals surface area contributed by atoms with Crippen LogP contribution in [0.15, 0.2) is 48.5 Å². The summed E-state index contributed by atoms with van der Waals surface area (Å²) >= 11 is 5.75. The van der Waals surface area contributed by atoms with E-state index < -0.39 is 10.8 Å². The van der Waals surface area contributed by atoms with E-state index in [1.54, 1.807) is 24.3 Å². The zero-order valence-electron chi connectivity index (χ0n) is 12.5. The molecule has 0 atom stereocenters. The number of hydrogen-bond acceptors (Lipinski definition) is 4. The molecular weight excluding hydrogens is 334 g/mol. The molecule has 0 radical (unpaired) electrons. The lowest BCUT2D eigenvalue weighted by Crippen LogP contribution is -2.34. The van der Waals surface area contributed by atoms with Gasteiger partial charge < -0.3 is 10.6 Å². The molecule has 2 rings (SSSR count). The maximum Gasteiger partial charge on any atom is 0.270 e. The van der Waals surface area contributed by atoms with Crippen molar-refractivity contribution >= 4 is 29.1 Å². The van der Waals surface area contributed by atoms with Gasteiger partial charge in [0, 0.05) is 41.4 Å². The van der Waals surface area contributed by atoms with E-state index in [-0.39, 0.29) is 30.2 Å². The fourth-order valence-corrected chi connectivity index (χ4v) is 2.04.